The third-order valence-electron chi connectivity index (χ3n) is 8.06. The first-order valence-electron chi connectivity index (χ1n) is 13.3. The van der Waals surface area contributed by atoms with Gasteiger partial charge in [-0.15, -0.1) is 0 Å². The average molecular weight is 489 g/mol. The number of rotatable bonds is 9. The van der Waals surface area contributed by atoms with Crippen LogP contribution in [0.1, 0.15) is 60.3 Å². The molecule has 1 spiro atoms. The number of hydrogen-bond donors (Lipinski definition) is 2. The van der Waals surface area contributed by atoms with Gasteiger partial charge >= 0.3 is 0 Å². The SMILES string of the molecule is N#Cc1ncc(C(=O)NC(Cc2ccccc2)CN2CCOCC2)c(NCC2CCC3(CC2)CC3)n1. The molecular weight excluding hydrogens is 452 g/mol. The molecule has 2 heterocycles. The molecule has 36 heavy (non-hydrogen) atoms. The predicted octanol–water partition coefficient (Wildman–Crippen LogP) is 3.40. The third-order valence-corrected chi connectivity index (χ3v) is 8.06. The van der Waals surface area contributed by atoms with Crippen molar-refractivity contribution in [2.45, 2.75) is 51.0 Å². The number of aromatic nitrogens is 2. The maximum Gasteiger partial charge on any atom is 0.256 e. The lowest BCUT2D eigenvalue weighted by Crippen LogP contribution is -2.48. The van der Waals surface area contributed by atoms with E-state index in [-0.39, 0.29) is 17.8 Å². The van der Waals surface area contributed by atoms with Gasteiger partial charge in [-0.1, -0.05) is 30.3 Å². The van der Waals surface area contributed by atoms with Crippen LogP contribution in [0, 0.1) is 22.7 Å². The lowest BCUT2D eigenvalue weighted by Gasteiger charge is -2.31. The Bertz CT molecular complexity index is 1070. The largest absolute Gasteiger partial charge is 0.379 e. The Morgan fingerprint density at radius 3 is 2.61 bits per heavy atom. The lowest BCUT2D eigenvalue weighted by atomic mass is 9.80. The lowest BCUT2D eigenvalue weighted by molar-refractivity contribution is 0.0333. The zero-order valence-electron chi connectivity index (χ0n) is 20.9. The molecule has 1 atom stereocenters. The Labute approximate surface area is 213 Å². The molecule has 8 heteroatoms. The molecule has 1 aromatic carbocycles. The number of nitrogens with zero attached hydrogens (tertiary/aromatic N) is 4. The van der Waals surface area contributed by atoms with Crippen molar-refractivity contribution >= 4 is 11.7 Å². The van der Waals surface area contributed by atoms with Crippen LogP contribution in [0.3, 0.4) is 0 Å². The van der Waals surface area contributed by atoms with Gasteiger partial charge in [0.05, 0.1) is 13.2 Å². The Hall–Kier alpha value is -3.02. The molecule has 0 bridgehead atoms. The zero-order chi connectivity index (χ0) is 24.8. The van der Waals surface area contributed by atoms with E-state index < -0.39 is 0 Å². The molecule has 1 amide bonds. The highest BCUT2D eigenvalue weighted by Gasteiger charge is 2.44. The molecule has 2 N–H and O–H groups in total. The fraction of sp³-hybridized carbons (Fsp3) is 0.571. The standard InChI is InChI=1S/C28H36N6O2/c29-17-25-30-19-24(26(33-25)31-18-22-6-8-28(9-7-22)10-11-28)27(35)32-23(16-21-4-2-1-3-5-21)20-34-12-14-36-15-13-34/h1-5,19,22-23H,6-16,18,20H2,(H,32,35)(H,30,31,33). The number of morpholine rings is 1. The maximum atomic E-state index is 13.5. The molecule has 1 saturated heterocycles. The first kappa shape index (κ1) is 24.7. The Morgan fingerprint density at radius 1 is 1.17 bits per heavy atom. The fourth-order valence-electron chi connectivity index (χ4n) is 5.57. The molecular formula is C28H36N6O2. The van der Waals surface area contributed by atoms with Gasteiger partial charge in [0.2, 0.25) is 5.82 Å². The topological polar surface area (TPSA) is 103 Å². The fourth-order valence-corrected chi connectivity index (χ4v) is 5.57. The van der Waals surface area contributed by atoms with Crippen molar-refractivity contribution in [1.82, 2.24) is 20.2 Å². The van der Waals surface area contributed by atoms with E-state index in [4.69, 9.17) is 4.74 Å². The summed E-state index contributed by atoms with van der Waals surface area (Å²) in [6, 6.07) is 12.2. The van der Waals surface area contributed by atoms with Gasteiger partial charge in [0.1, 0.15) is 17.5 Å². The van der Waals surface area contributed by atoms with Crippen molar-refractivity contribution in [1.29, 1.82) is 5.26 Å². The van der Waals surface area contributed by atoms with Crippen LogP contribution in [-0.4, -0.2) is 66.2 Å². The number of anilines is 1. The van der Waals surface area contributed by atoms with E-state index in [9.17, 15) is 10.1 Å². The first-order valence-corrected chi connectivity index (χ1v) is 13.3. The molecule has 1 aromatic heterocycles. The van der Waals surface area contributed by atoms with Crippen LogP contribution < -0.4 is 10.6 Å². The summed E-state index contributed by atoms with van der Waals surface area (Å²) in [5, 5.41) is 16.0. The van der Waals surface area contributed by atoms with Crippen molar-refractivity contribution in [3.8, 4) is 6.07 Å². The second-order valence-electron chi connectivity index (χ2n) is 10.7. The van der Waals surface area contributed by atoms with Crippen molar-refractivity contribution < 1.29 is 9.53 Å². The van der Waals surface area contributed by atoms with Gasteiger partial charge in [0.25, 0.3) is 5.91 Å². The second kappa shape index (κ2) is 11.4. The average Bonchev–Trinajstić information content (AvgIpc) is 3.68. The van der Waals surface area contributed by atoms with Gasteiger partial charge in [-0.3, -0.25) is 9.69 Å². The number of ether oxygens (including phenoxy) is 1. The van der Waals surface area contributed by atoms with E-state index in [0.29, 0.717) is 35.9 Å². The van der Waals surface area contributed by atoms with Crippen molar-refractivity contribution in [2.75, 3.05) is 44.7 Å². The molecule has 190 valence electrons. The summed E-state index contributed by atoms with van der Waals surface area (Å²) in [7, 11) is 0. The minimum Gasteiger partial charge on any atom is -0.379 e. The summed E-state index contributed by atoms with van der Waals surface area (Å²) in [4.78, 5) is 24.3. The van der Waals surface area contributed by atoms with Gasteiger partial charge in [-0.05, 0) is 61.8 Å². The number of carbonyl (C=O) groups excluding carboxylic acids is 1. The van der Waals surface area contributed by atoms with Gasteiger partial charge in [0.15, 0.2) is 0 Å². The van der Waals surface area contributed by atoms with Crippen molar-refractivity contribution in [3.05, 3.63) is 53.5 Å². The molecule has 1 unspecified atom stereocenters. The summed E-state index contributed by atoms with van der Waals surface area (Å²) < 4.78 is 5.50. The summed E-state index contributed by atoms with van der Waals surface area (Å²) in [5.74, 6) is 0.885. The minimum absolute atomic E-state index is 0.0729. The van der Waals surface area contributed by atoms with Crippen molar-refractivity contribution in [2.24, 2.45) is 11.3 Å². The van der Waals surface area contributed by atoms with Crippen LogP contribution >= 0.6 is 0 Å². The molecule has 5 rings (SSSR count). The summed E-state index contributed by atoms with van der Waals surface area (Å²) in [5.41, 5.74) is 2.22. The van der Waals surface area contributed by atoms with E-state index >= 15 is 0 Å². The Morgan fingerprint density at radius 2 is 1.92 bits per heavy atom. The van der Waals surface area contributed by atoms with Crippen LogP contribution in [0.25, 0.3) is 0 Å². The Kier molecular flexibility index (Phi) is 7.78. The van der Waals surface area contributed by atoms with Gasteiger partial charge in [-0.2, -0.15) is 5.26 Å². The quantitative estimate of drug-likeness (QED) is 0.558. The number of carbonyl (C=O) groups is 1. The number of benzene rings is 1. The smallest absolute Gasteiger partial charge is 0.256 e. The first-order chi connectivity index (χ1) is 17.6. The highest BCUT2D eigenvalue weighted by molar-refractivity contribution is 5.98. The van der Waals surface area contributed by atoms with E-state index in [1.165, 1.54) is 50.3 Å². The third kappa shape index (κ3) is 6.40. The van der Waals surface area contributed by atoms with Crippen LogP contribution in [0.5, 0.6) is 0 Å². The van der Waals surface area contributed by atoms with Crippen LogP contribution in [0.15, 0.2) is 36.5 Å². The number of nitrogens with one attached hydrogen (secondary N) is 2. The molecule has 2 aromatic rings. The molecule has 3 aliphatic rings. The summed E-state index contributed by atoms with van der Waals surface area (Å²) in [6.07, 6.45) is 10.0. The van der Waals surface area contributed by atoms with E-state index in [0.717, 1.165) is 32.6 Å². The molecule has 8 nitrogen and oxygen atoms in total. The Balaban J connectivity index is 1.27. The molecule has 2 saturated carbocycles. The summed E-state index contributed by atoms with van der Waals surface area (Å²) in [6.45, 7) is 4.65. The molecule has 3 fully saturated rings. The van der Waals surface area contributed by atoms with Gasteiger partial charge in [0, 0.05) is 38.4 Å². The number of amides is 1. The molecule has 1 aliphatic heterocycles. The molecule has 0 radical (unpaired) electrons. The second-order valence-corrected chi connectivity index (χ2v) is 10.7. The van der Waals surface area contributed by atoms with Crippen LogP contribution in [0.2, 0.25) is 0 Å². The monoisotopic (exact) mass is 488 g/mol. The maximum absolute atomic E-state index is 13.5. The van der Waals surface area contributed by atoms with Gasteiger partial charge in [-0.25, -0.2) is 9.97 Å². The van der Waals surface area contributed by atoms with E-state index in [2.05, 4.69) is 37.6 Å². The normalized spacial score (nSPS) is 20.4. The zero-order valence-corrected chi connectivity index (χ0v) is 20.9. The predicted molar refractivity (Wildman–Crippen MR) is 138 cm³/mol. The van der Waals surface area contributed by atoms with E-state index in [1.807, 2.05) is 24.3 Å². The van der Waals surface area contributed by atoms with Crippen LogP contribution in [0.4, 0.5) is 5.82 Å². The van der Waals surface area contributed by atoms with Crippen molar-refractivity contribution in [3.63, 3.8) is 0 Å². The summed E-state index contributed by atoms with van der Waals surface area (Å²) >= 11 is 0. The highest BCUT2D eigenvalue weighted by Crippen LogP contribution is 2.57. The minimum atomic E-state index is -0.211. The van der Waals surface area contributed by atoms with Gasteiger partial charge < -0.3 is 15.4 Å². The van der Waals surface area contributed by atoms with Crippen LogP contribution in [-0.2, 0) is 11.2 Å². The number of nitriles is 1. The number of hydrogen-bond acceptors (Lipinski definition) is 7. The molecule has 2 aliphatic carbocycles. The highest BCUT2D eigenvalue weighted by atomic mass is 16.5. The van der Waals surface area contributed by atoms with E-state index in [1.54, 1.807) is 0 Å².